The highest BCUT2D eigenvalue weighted by Gasteiger charge is 2.22. The lowest BCUT2D eigenvalue weighted by Crippen LogP contribution is -2.16. The van der Waals surface area contributed by atoms with Gasteiger partial charge in [-0.1, -0.05) is 32.9 Å². The summed E-state index contributed by atoms with van der Waals surface area (Å²) in [7, 11) is 0. The fourth-order valence-corrected chi connectivity index (χ4v) is 3.58. The highest BCUT2D eigenvalue weighted by molar-refractivity contribution is 7.09. The van der Waals surface area contributed by atoms with E-state index in [0.717, 1.165) is 6.42 Å². The molecule has 1 aromatic heterocycles. The number of aryl methyl sites for hydroxylation is 1. The minimum absolute atomic E-state index is 0.262. The quantitative estimate of drug-likeness (QED) is 0.655. The first kappa shape index (κ1) is 11.0. The lowest BCUT2D eigenvalue weighted by Gasteiger charge is -2.24. The van der Waals surface area contributed by atoms with Gasteiger partial charge in [-0.3, -0.25) is 0 Å². The molecule has 2 aliphatic carbocycles. The molecule has 0 radical (unpaired) electrons. The fraction of sp³-hybridized carbons (Fsp3) is 0.375. The maximum atomic E-state index is 2.40. The van der Waals surface area contributed by atoms with Crippen LogP contribution in [0.5, 0.6) is 0 Å². The van der Waals surface area contributed by atoms with Gasteiger partial charge in [-0.05, 0) is 52.8 Å². The topological polar surface area (TPSA) is 0 Å². The average molecular weight is 242 g/mol. The van der Waals surface area contributed by atoms with Gasteiger partial charge in [0.15, 0.2) is 0 Å². The Morgan fingerprint density at radius 2 is 1.94 bits per heavy atom. The van der Waals surface area contributed by atoms with E-state index in [-0.39, 0.29) is 5.41 Å². The smallest absolute Gasteiger partial charge is 0.0354 e. The molecule has 0 unspecified atom stereocenters. The summed E-state index contributed by atoms with van der Waals surface area (Å²) in [5, 5.41) is 1.47. The third kappa shape index (κ3) is 1.73. The van der Waals surface area contributed by atoms with Crippen molar-refractivity contribution in [2.75, 3.05) is 0 Å². The van der Waals surface area contributed by atoms with Crippen molar-refractivity contribution in [1.82, 2.24) is 0 Å². The Bertz CT molecular complexity index is 657. The van der Waals surface area contributed by atoms with E-state index in [0.29, 0.717) is 0 Å². The largest absolute Gasteiger partial charge is 0.141 e. The van der Waals surface area contributed by atoms with Crippen LogP contribution in [0, 0.1) is 12.3 Å². The van der Waals surface area contributed by atoms with E-state index in [9.17, 15) is 0 Å². The molecule has 0 aliphatic heterocycles. The number of hydrogen-bond donors (Lipinski definition) is 0. The van der Waals surface area contributed by atoms with Crippen LogP contribution in [0.2, 0.25) is 0 Å². The lowest BCUT2D eigenvalue weighted by atomic mass is 9.81. The monoisotopic (exact) mass is 242 g/mol. The van der Waals surface area contributed by atoms with Gasteiger partial charge in [0.05, 0.1) is 0 Å². The maximum absolute atomic E-state index is 2.40. The highest BCUT2D eigenvalue weighted by Crippen LogP contribution is 2.35. The van der Waals surface area contributed by atoms with Gasteiger partial charge in [-0.15, -0.1) is 11.3 Å². The second kappa shape index (κ2) is 3.46. The molecule has 0 spiro atoms. The Morgan fingerprint density at radius 1 is 1.18 bits per heavy atom. The second-order valence-electron chi connectivity index (χ2n) is 5.97. The van der Waals surface area contributed by atoms with Crippen LogP contribution in [0.15, 0.2) is 29.4 Å². The van der Waals surface area contributed by atoms with Crippen LogP contribution in [-0.4, -0.2) is 0 Å². The number of fused-ring (bicyclic) bond motifs is 2. The summed E-state index contributed by atoms with van der Waals surface area (Å²) in [6.07, 6.45) is 8.23. The van der Waals surface area contributed by atoms with Crippen molar-refractivity contribution < 1.29 is 0 Å². The Labute approximate surface area is 107 Å². The van der Waals surface area contributed by atoms with Crippen molar-refractivity contribution in [3.63, 3.8) is 0 Å². The highest BCUT2D eigenvalue weighted by atomic mass is 32.1. The summed E-state index contributed by atoms with van der Waals surface area (Å²) >= 11 is 1.91. The second-order valence-corrected chi connectivity index (χ2v) is 7.26. The molecule has 0 amide bonds. The lowest BCUT2D eigenvalue weighted by molar-refractivity contribution is 0.514. The minimum atomic E-state index is 0.262. The standard InChI is InChI=1S/C16H18S/c1-10-7-14-13-6-5-12(16(2,3)4)8-11(13)9-15(14)17-10/h5,7-9H,6H2,1-4H3. The van der Waals surface area contributed by atoms with Crippen LogP contribution in [0.1, 0.15) is 32.1 Å². The summed E-state index contributed by atoms with van der Waals surface area (Å²) in [5.41, 5.74) is 4.70. The van der Waals surface area contributed by atoms with E-state index >= 15 is 0 Å². The molecule has 2 aliphatic rings. The molecule has 1 heteroatoms. The Hall–Kier alpha value is -1.08. The predicted octanol–water partition coefficient (Wildman–Crippen LogP) is 3.30. The molecule has 1 aromatic rings. The van der Waals surface area contributed by atoms with Crippen molar-refractivity contribution in [1.29, 1.82) is 0 Å². The SMILES string of the molecule is Cc1cc2c(s1)=CC1=CC(C(C)(C)C)=CCC=21. The molecule has 88 valence electrons. The van der Waals surface area contributed by atoms with Crippen molar-refractivity contribution in [2.24, 2.45) is 5.41 Å². The fourth-order valence-electron chi connectivity index (χ4n) is 2.58. The molecule has 0 atom stereocenters. The zero-order valence-electron chi connectivity index (χ0n) is 10.9. The first-order chi connectivity index (χ1) is 7.95. The molecule has 0 nitrogen and oxygen atoms in total. The van der Waals surface area contributed by atoms with E-state index < -0.39 is 0 Å². The minimum Gasteiger partial charge on any atom is -0.141 e. The molecule has 0 bridgehead atoms. The number of rotatable bonds is 0. The first-order valence-corrected chi connectivity index (χ1v) is 7.01. The van der Waals surface area contributed by atoms with Gasteiger partial charge in [0.25, 0.3) is 0 Å². The van der Waals surface area contributed by atoms with Crippen LogP contribution in [0.25, 0.3) is 11.6 Å². The Kier molecular flexibility index (Phi) is 2.24. The molecule has 1 heterocycles. The molecule has 3 rings (SSSR count). The van der Waals surface area contributed by atoms with Gasteiger partial charge in [-0.2, -0.15) is 0 Å². The number of hydrogen-bond acceptors (Lipinski definition) is 1. The van der Waals surface area contributed by atoms with Gasteiger partial charge < -0.3 is 0 Å². The van der Waals surface area contributed by atoms with E-state index in [1.54, 1.807) is 0 Å². The van der Waals surface area contributed by atoms with E-state index in [1.807, 2.05) is 11.3 Å². The molecule has 0 saturated carbocycles. The molecular formula is C16H18S. The van der Waals surface area contributed by atoms with Crippen LogP contribution in [-0.2, 0) is 0 Å². The summed E-state index contributed by atoms with van der Waals surface area (Å²) in [6.45, 7) is 9.06. The zero-order chi connectivity index (χ0) is 12.2. The third-order valence-electron chi connectivity index (χ3n) is 3.55. The summed E-state index contributed by atoms with van der Waals surface area (Å²) < 4.78 is 1.45. The number of allylic oxidation sites excluding steroid dienone is 4. The summed E-state index contributed by atoms with van der Waals surface area (Å²) in [4.78, 5) is 1.42. The van der Waals surface area contributed by atoms with Gasteiger partial charge >= 0.3 is 0 Å². The molecular weight excluding hydrogens is 224 g/mol. The predicted molar refractivity (Wildman–Crippen MR) is 76.4 cm³/mol. The van der Waals surface area contributed by atoms with Crippen LogP contribution in [0.4, 0.5) is 0 Å². The van der Waals surface area contributed by atoms with E-state index in [2.05, 4.69) is 52.0 Å². The van der Waals surface area contributed by atoms with Crippen LogP contribution >= 0.6 is 11.3 Å². The zero-order valence-corrected chi connectivity index (χ0v) is 11.7. The summed E-state index contributed by atoms with van der Waals surface area (Å²) in [6, 6.07) is 2.34. The maximum Gasteiger partial charge on any atom is 0.0354 e. The number of thiophene rings is 1. The molecule has 17 heavy (non-hydrogen) atoms. The molecule has 0 N–H and O–H groups in total. The first-order valence-electron chi connectivity index (χ1n) is 6.19. The van der Waals surface area contributed by atoms with Crippen molar-refractivity contribution >= 4 is 23.0 Å². The third-order valence-corrected chi connectivity index (χ3v) is 4.54. The molecule has 0 saturated heterocycles. The normalized spacial score (nSPS) is 18.2. The van der Waals surface area contributed by atoms with Crippen LogP contribution in [0.3, 0.4) is 0 Å². The van der Waals surface area contributed by atoms with Gasteiger partial charge in [0.1, 0.15) is 0 Å². The molecule has 0 fully saturated rings. The van der Waals surface area contributed by atoms with E-state index in [4.69, 9.17) is 0 Å². The average Bonchev–Trinajstić information content (AvgIpc) is 2.71. The van der Waals surface area contributed by atoms with E-state index in [1.165, 1.54) is 31.3 Å². The summed E-state index contributed by atoms with van der Waals surface area (Å²) in [5.74, 6) is 0. The van der Waals surface area contributed by atoms with Crippen molar-refractivity contribution in [3.05, 3.63) is 44.0 Å². The Morgan fingerprint density at radius 3 is 2.65 bits per heavy atom. The van der Waals surface area contributed by atoms with Gasteiger partial charge in [0.2, 0.25) is 0 Å². The molecule has 0 aromatic carbocycles. The Balaban J connectivity index is 2.14. The van der Waals surface area contributed by atoms with Crippen molar-refractivity contribution in [3.8, 4) is 0 Å². The van der Waals surface area contributed by atoms with Gasteiger partial charge in [0, 0.05) is 9.41 Å². The van der Waals surface area contributed by atoms with Crippen LogP contribution < -0.4 is 9.75 Å². The van der Waals surface area contributed by atoms with Crippen molar-refractivity contribution in [2.45, 2.75) is 34.1 Å². The van der Waals surface area contributed by atoms with Gasteiger partial charge in [-0.25, -0.2) is 0 Å².